The summed E-state index contributed by atoms with van der Waals surface area (Å²) in [7, 11) is 0. The van der Waals surface area contributed by atoms with Gasteiger partial charge in [-0.25, -0.2) is 0 Å². The van der Waals surface area contributed by atoms with Crippen molar-refractivity contribution < 1.29 is 9.90 Å². The highest BCUT2D eigenvalue weighted by atomic mass is 32.2. The minimum atomic E-state index is -0.630. The number of hydrogen-bond acceptors (Lipinski definition) is 2. The van der Waals surface area contributed by atoms with Gasteiger partial charge in [0.25, 0.3) is 0 Å². The first-order valence-corrected chi connectivity index (χ1v) is 8.11. The third kappa shape index (κ3) is 10.7. The minimum absolute atomic E-state index is 0.175. The maximum Gasteiger partial charge on any atom is 0.316 e. The first-order chi connectivity index (χ1) is 8.22. The van der Waals surface area contributed by atoms with E-state index in [1.807, 2.05) is 0 Å². The Morgan fingerprint density at radius 3 is 2.12 bits per heavy atom. The Balaban J connectivity index is 3.44. The van der Waals surface area contributed by atoms with Gasteiger partial charge in [0.05, 0.1) is 0 Å². The van der Waals surface area contributed by atoms with E-state index in [0.717, 1.165) is 25.0 Å². The first kappa shape index (κ1) is 16.8. The Kier molecular flexibility index (Phi) is 12.2. The molecule has 1 N–H and O–H groups in total. The maximum atomic E-state index is 11.0. The molecule has 2 nitrogen and oxygen atoms in total. The normalized spacial score (nSPS) is 12.6. The molecule has 1 unspecified atom stereocenters. The maximum absolute atomic E-state index is 11.0. The molecule has 0 aromatic carbocycles. The van der Waals surface area contributed by atoms with Gasteiger partial charge in [0.1, 0.15) is 5.25 Å². The van der Waals surface area contributed by atoms with Crippen molar-refractivity contribution in [3.05, 3.63) is 0 Å². The number of carboxylic acid groups (broad SMARTS) is 1. The van der Waals surface area contributed by atoms with E-state index in [4.69, 9.17) is 5.11 Å². The van der Waals surface area contributed by atoms with Gasteiger partial charge in [0.15, 0.2) is 0 Å². The predicted molar refractivity (Wildman–Crippen MR) is 76.8 cm³/mol. The van der Waals surface area contributed by atoms with E-state index in [1.165, 1.54) is 38.5 Å². The molecule has 0 heterocycles. The summed E-state index contributed by atoms with van der Waals surface area (Å²) in [5.41, 5.74) is 0. The van der Waals surface area contributed by atoms with Gasteiger partial charge < -0.3 is 5.11 Å². The lowest BCUT2D eigenvalue weighted by Gasteiger charge is -2.11. The lowest BCUT2D eigenvalue weighted by Crippen LogP contribution is -2.16. The van der Waals surface area contributed by atoms with E-state index in [0.29, 0.717) is 0 Å². The number of unbranched alkanes of at least 4 members (excludes halogenated alkanes) is 6. The molecular formula is C14H28O2S. The minimum Gasteiger partial charge on any atom is -0.480 e. The summed E-state index contributed by atoms with van der Waals surface area (Å²) in [6.45, 7) is 4.32. The van der Waals surface area contributed by atoms with Crippen molar-refractivity contribution >= 4 is 17.7 Å². The standard InChI is InChI=1S/C14H28O2S/c1-3-5-6-7-8-9-10-11-13(14(15)16)17-12-4-2/h13H,3-12H2,1-2H3,(H,15,16). The van der Waals surface area contributed by atoms with Gasteiger partial charge in [-0.3, -0.25) is 4.79 Å². The fraction of sp³-hybridized carbons (Fsp3) is 0.929. The summed E-state index contributed by atoms with van der Waals surface area (Å²) in [6.07, 6.45) is 10.7. The molecule has 0 aromatic heterocycles. The Hall–Kier alpha value is -0.180. The van der Waals surface area contributed by atoms with Crippen molar-refractivity contribution in [2.75, 3.05) is 5.75 Å². The van der Waals surface area contributed by atoms with Crippen LogP contribution in [0.1, 0.15) is 71.6 Å². The van der Waals surface area contributed by atoms with Crippen LogP contribution in [-0.2, 0) is 4.79 Å². The lowest BCUT2D eigenvalue weighted by atomic mass is 10.1. The quantitative estimate of drug-likeness (QED) is 0.516. The third-order valence-electron chi connectivity index (χ3n) is 2.87. The smallest absolute Gasteiger partial charge is 0.316 e. The van der Waals surface area contributed by atoms with Gasteiger partial charge in [-0.1, -0.05) is 58.8 Å². The van der Waals surface area contributed by atoms with Crippen molar-refractivity contribution in [2.45, 2.75) is 76.9 Å². The molecule has 0 amide bonds. The lowest BCUT2D eigenvalue weighted by molar-refractivity contribution is -0.136. The molecule has 102 valence electrons. The Labute approximate surface area is 111 Å². The molecule has 0 aliphatic carbocycles. The molecule has 0 spiro atoms. The zero-order valence-electron chi connectivity index (χ0n) is 11.4. The average Bonchev–Trinajstić information content (AvgIpc) is 2.31. The van der Waals surface area contributed by atoms with E-state index in [2.05, 4.69) is 13.8 Å². The molecule has 0 aliphatic rings. The fourth-order valence-corrected chi connectivity index (χ4v) is 2.82. The summed E-state index contributed by atoms with van der Waals surface area (Å²) in [5.74, 6) is 0.336. The number of aliphatic carboxylic acids is 1. The van der Waals surface area contributed by atoms with E-state index >= 15 is 0 Å². The van der Waals surface area contributed by atoms with E-state index in [1.54, 1.807) is 11.8 Å². The topological polar surface area (TPSA) is 37.3 Å². The Bertz CT molecular complexity index is 183. The van der Waals surface area contributed by atoms with Crippen molar-refractivity contribution in [3.8, 4) is 0 Å². The van der Waals surface area contributed by atoms with Gasteiger partial charge in [0.2, 0.25) is 0 Å². The molecule has 0 fully saturated rings. The van der Waals surface area contributed by atoms with Crippen LogP contribution in [0.2, 0.25) is 0 Å². The van der Waals surface area contributed by atoms with Crippen LogP contribution in [0.15, 0.2) is 0 Å². The van der Waals surface area contributed by atoms with Crippen molar-refractivity contribution in [1.29, 1.82) is 0 Å². The zero-order chi connectivity index (χ0) is 12.9. The SMILES string of the molecule is CCCCCCCCCC(SCCC)C(=O)O. The van der Waals surface area contributed by atoms with Crippen LogP contribution in [0, 0.1) is 0 Å². The Morgan fingerprint density at radius 2 is 1.59 bits per heavy atom. The summed E-state index contributed by atoms with van der Waals surface area (Å²) >= 11 is 1.60. The highest BCUT2D eigenvalue weighted by molar-refractivity contribution is 8.00. The molecule has 0 bridgehead atoms. The van der Waals surface area contributed by atoms with Crippen LogP contribution in [0.4, 0.5) is 0 Å². The second-order valence-electron chi connectivity index (χ2n) is 4.61. The number of carboxylic acids is 1. The summed E-state index contributed by atoms with van der Waals surface area (Å²) < 4.78 is 0. The van der Waals surface area contributed by atoms with Gasteiger partial charge in [-0.05, 0) is 18.6 Å². The van der Waals surface area contributed by atoms with Crippen LogP contribution >= 0.6 is 11.8 Å². The van der Waals surface area contributed by atoms with Crippen LogP contribution in [0.5, 0.6) is 0 Å². The molecular weight excluding hydrogens is 232 g/mol. The molecule has 0 aliphatic heterocycles. The molecule has 0 saturated heterocycles. The van der Waals surface area contributed by atoms with Crippen LogP contribution in [-0.4, -0.2) is 22.1 Å². The van der Waals surface area contributed by atoms with Crippen LogP contribution in [0.25, 0.3) is 0 Å². The monoisotopic (exact) mass is 260 g/mol. The van der Waals surface area contributed by atoms with E-state index in [-0.39, 0.29) is 5.25 Å². The molecule has 0 rings (SSSR count). The second kappa shape index (κ2) is 12.3. The average molecular weight is 260 g/mol. The van der Waals surface area contributed by atoms with Gasteiger partial charge in [-0.2, -0.15) is 0 Å². The van der Waals surface area contributed by atoms with E-state index < -0.39 is 5.97 Å². The number of carbonyl (C=O) groups is 1. The summed E-state index contributed by atoms with van der Waals surface area (Å²) in [4.78, 5) is 11.0. The summed E-state index contributed by atoms with van der Waals surface area (Å²) in [6, 6.07) is 0. The third-order valence-corrected chi connectivity index (χ3v) is 4.35. The van der Waals surface area contributed by atoms with Gasteiger partial charge >= 0.3 is 5.97 Å². The molecule has 3 heteroatoms. The first-order valence-electron chi connectivity index (χ1n) is 7.06. The van der Waals surface area contributed by atoms with Crippen LogP contribution < -0.4 is 0 Å². The molecule has 1 atom stereocenters. The largest absolute Gasteiger partial charge is 0.480 e. The van der Waals surface area contributed by atoms with E-state index in [9.17, 15) is 4.79 Å². The van der Waals surface area contributed by atoms with Gasteiger partial charge in [-0.15, -0.1) is 11.8 Å². The number of thioether (sulfide) groups is 1. The van der Waals surface area contributed by atoms with Crippen molar-refractivity contribution in [3.63, 3.8) is 0 Å². The van der Waals surface area contributed by atoms with Crippen molar-refractivity contribution in [1.82, 2.24) is 0 Å². The van der Waals surface area contributed by atoms with Gasteiger partial charge in [0, 0.05) is 0 Å². The fourth-order valence-electron chi connectivity index (χ4n) is 1.83. The Morgan fingerprint density at radius 1 is 1.00 bits per heavy atom. The predicted octanol–water partition coefficient (Wildman–Crippen LogP) is 4.72. The summed E-state index contributed by atoms with van der Waals surface area (Å²) in [5, 5.41) is 8.88. The molecule has 17 heavy (non-hydrogen) atoms. The highest BCUT2D eigenvalue weighted by Gasteiger charge is 2.16. The number of hydrogen-bond donors (Lipinski definition) is 1. The zero-order valence-corrected chi connectivity index (χ0v) is 12.2. The molecule has 0 aromatic rings. The molecule has 0 saturated carbocycles. The molecule has 0 radical (unpaired) electrons. The van der Waals surface area contributed by atoms with Crippen molar-refractivity contribution in [2.24, 2.45) is 0 Å². The number of rotatable bonds is 12. The highest BCUT2D eigenvalue weighted by Crippen LogP contribution is 2.19. The second-order valence-corrected chi connectivity index (χ2v) is 5.92. The van der Waals surface area contributed by atoms with Crippen LogP contribution in [0.3, 0.4) is 0 Å².